The van der Waals surface area contributed by atoms with Crippen LogP contribution in [0, 0.1) is 5.92 Å². The molecule has 1 saturated heterocycles. The van der Waals surface area contributed by atoms with Crippen LogP contribution in [0.1, 0.15) is 36.2 Å². The van der Waals surface area contributed by atoms with Crippen LogP contribution in [0.3, 0.4) is 0 Å². The molecule has 2 aliphatic rings. The molecule has 1 N–H and O–H groups in total. The number of imidazole rings is 1. The van der Waals surface area contributed by atoms with Crippen molar-refractivity contribution in [2.75, 3.05) is 24.5 Å². The molecule has 10 nitrogen and oxygen atoms in total. The Bertz CT molecular complexity index is 1570. The van der Waals surface area contributed by atoms with Gasteiger partial charge in [0.2, 0.25) is 11.8 Å². The van der Waals surface area contributed by atoms with Gasteiger partial charge in [-0.25, -0.2) is 19.9 Å². The van der Waals surface area contributed by atoms with Crippen LogP contribution in [0.5, 0.6) is 11.6 Å². The summed E-state index contributed by atoms with van der Waals surface area (Å²) in [5, 5.41) is 10.2. The van der Waals surface area contributed by atoms with E-state index in [1.165, 1.54) is 5.69 Å². The number of benzene rings is 1. The summed E-state index contributed by atoms with van der Waals surface area (Å²) in [6, 6.07) is 9.26. The van der Waals surface area contributed by atoms with Crippen LogP contribution in [0.15, 0.2) is 49.1 Å². The molecule has 0 saturated carbocycles. The van der Waals surface area contributed by atoms with Crippen LogP contribution in [-0.4, -0.2) is 60.1 Å². The third-order valence-corrected chi connectivity index (χ3v) is 8.26. The number of carbonyl (C=O) groups is 1. The number of carboxylic acids is 1. The van der Waals surface area contributed by atoms with Gasteiger partial charge in [0.05, 0.1) is 36.7 Å². The van der Waals surface area contributed by atoms with E-state index >= 15 is 0 Å². The molecule has 42 heavy (non-hydrogen) atoms. The van der Waals surface area contributed by atoms with E-state index in [0.29, 0.717) is 46.4 Å². The van der Waals surface area contributed by atoms with Gasteiger partial charge in [-0.2, -0.15) is 0 Å². The lowest BCUT2D eigenvalue weighted by molar-refractivity contribution is -0.138. The minimum Gasteiger partial charge on any atom is -0.481 e. The smallest absolute Gasteiger partial charge is 0.303 e. The topological polar surface area (TPSA) is 110 Å². The number of nitrogens with zero attached hydrogens (tertiary/aromatic N) is 7. The van der Waals surface area contributed by atoms with E-state index in [9.17, 15) is 4.79 Å². The van der Waals surface area contributed by atoms with Crippen LogP contribution in [0.25, 0.3) is 11.3 Å². The molecule has 0 radical (unpaired) electrons. The normalized spacial score (nSPS) is 15.9. The van der Waals surface area contributed by atoms with Crippen molar-refractivity contribution >= 4 is 35.1 Å². The van der Waals surface area contributed by atoms with Crippen molar-refractivity contribution in [3.8, 4) is 22.9 Å². The van der Waals surface area contributed by atoms with Gasteiger partial charge in [0.25, 0.3) is 0 Å². The highest BCUT2D eigenvalue weighted by Gasteiger charge is 2.23. The van der Waals surface area contributed by atoms with E-state index in [0.717, 1.165) is 55.7 Å². The first-order valence-electron chi connectivity index (χ1n) is 13.9. The Balaban J connectivity index is 1.20. The van der Waals surface area contributed by atoms with Gasteiger partial charge in [-0.3, -0.25) is 9.69 Å². The Morgan fingerprint density at radius 2 is 1.76 bits per heavy atom. The number of hydrogen-bond acceptors (Lipinski definition) is 8. The number of aliphatic carboxylic acids is 1. The van der Waals surface area contributed by atoms with E-state index in [1.807, 2.05) is 37.6 Å². The molecule has 6 rings (SSSR count). The maximum atomic E-state index is 11.1. The summed E-state index contributed by atoms with van der Waals surface area (Å²) in [7, 11) is 2.02. The highest BCUT2D eigenvalue weighted by Crippen LogP contribution is 2.31. The summed E-state index contributed by atoms with van der Waals surface area (Å²) in [6.45, 7) is 3.83. The summed E-state index contributed by atoms with van der Waals surface area (Å²) in [5.41, 5.74) is 4.78. The van der Waals surface area contributed by atoms with Gasteiger partial charge in [0.1, 0.15) is 0 Å². The zero-order valence-electron chi connectivity index (χ0n) is 23.2. The standard InChI is InChI=1S/C30H31Cl2N7O3/c1-37-18-35-26-17-39(7-4-27(26)37)30-33-14-24(15-34-30)42-28-9-20(16-38-5-2-19(3-6-38)10-29(40)41)8-25(36-28)21-11-22(31)13-23(32)12-21/h8-9,11-15,18-19H,2-7,10,16-17H2,1H3,(H,40,41). The molecule has 5 heterocycles. The fourth-order valence-electron chi connectivity index (χ4n) is 5.68. The molecule has 12 heteroatoms. The first-order valence-corrected chi connectivity index (χ1v) is 14.7. The molecule has 218 valence electrons. The first kappa shape index (κ1) is 28.4. The minimum atomic E-state index is -0.732. The van der Waals surface area contributed by atoms with Gasteiger partial charge >= 0.3 is 5.97 Å². The van der Waals surface area contributed by atoms with Gasteiger partial charge in [-0.15, -0.1) is 0 Å². The highest BCUT2D eigenvalue weighted by molar-refractivity contribution is 6.35. The van der Waals surface area contributed by atoms with Gasteiger partial charge in [-0.1, -0.05) is 23.2 Å². The molecule has 0 atom stereocenters. The van der Waals surface area contributed by atoms with E-state index in [1.54, 1.807) is 18.5 Å². The van der Waals surface area contributed by atoms with Crippen LogP contribution in [-0.2, 0) is 31.4 Å². The molecule has 0 unspecified atom stereocenters. The number of ether oxygens (including phenoxy) is 1. The Labute approximate surface area is 253 Å². The maximum absolute atomic E-state index is 11.1. The zero-order valence-corrected chi connectivity index (χ0v) is 24.7. The summed E-state index contributed by atoms with van der Waals surface area (Å²) >= 11 is 12.6. The number of carboxylic acid groups (broad SMARTS) is 1. The quantitative estimate of drug-likeness (QED) is 0.273. The van der Waals surface area contributed by atoms with Gasteiger partial charge in [0, 0.05) is 60.3 Å². The number of aromatic nitrogens is 5. The van der Waals surface area contributed by atoms with Crippen LogP contribution in [0.4, 0.5) is 5.95 Å². The van der Waals surface area contributed by atoms with Crippen molar-refractivity contribution in [1.82, 2.24) is 29.4 Å². The fraction of sp³-hybridized carbons (Fsp3) is 0.367. The number of hydrogen-bond donors (Lipinski definition) is 1. The molecule has 0 amide bonds. The molecule has 0 aliphatic carbocycles. The second-order valence-corrected chi connectivity index (χ2v) is 11.8. The molecule has 3 aromatic heterocycles. The Hall–Kier alpha value is -3.73. The lowest BCUT2D eigenvalue weighted by atomic mass is 9.93. The number of rotatable bonds is 8. The fourth-order valence-corrected chi connectivity index (χ4v) is 6.21. The Morgan fingerprint density at radius 3 is 2.48 bits per heavy atom. The molecule has 1 fully saturated rings. The molecule has 4 aromatic rings. The number of pyridine rings is 1. The molecule has 0 spiro atoms. The van der Waals surface area contributed by atoms with Crippen LogP contribution >= 0.6 is 23.2 Å². The summed E-state index contributed by atoms with van der Waals surface area (Å²) in [6.07, 6.45) is 8.00. The number of piperidine rings is 1. The van der Waals surface area contributed by atoms with E-state index in [4.69, 9.17) is 38.0 Å². The molecule has 1 aromatic carbocycles. The second kappa shape index (κ2) is 12.2. The van der Waals surface area contributed by atoms with Crippen molar-refractivity contribution in [2.24, 2.45) is 13.0 Å². The zero-order chi connectivity index (χ0) is 29.2. The number of likely N-dealkylation sites (tertiary alicyclic amines) is 1. The van der Waals surface area contributed by atoms with Crippen molar-refractivity contribution in [2.45, 2.75) is 38.8 Å². The number of anilines is 1. The van der Waals surface area contributed by atoms with Gasteiger partial charge in [0.15, 0.2) is 5.75 Å². The molecular formula is C30H31Cl2N7O3. The maximum Gasteiger partial charge on any atom is 0.303 e. The van der Waals surface area contributed by atoms with Crippen LogP contribution in [0.2, 0.25) is 10.0 Å². The third-order valence-electron chi connectivity index (χ3n) is 7.82. The second-order valence-electron chi connectivity index (χ2n) is 10.9. The van der Waals surface area contributed by atoms with Crippen LogP contribution < -0.4 is 9.64 Å². The van der Waals surface area contributed by atoms with Gasteiger partial charge in [-0.05, 0) is 61.7 Å². The van der Waals surface area contributed by atoms with E-state index < -0.39 is 5.97 Å². The predicted molar refractivity (Wildman–Crippen MR) is 160 cm³/mol. The summed E-state index contributed by atoms with van der Waals surface area (Å²) < 4.78 is 8.24. The number of halogens is 2. The average Bonchev–Trinajstić information content (AvgIpc) is 3.33. The monoisotopic (exact) mass is 607 g/mol. The number of aryl methyl sites for hydroxylation is 1. The van der Waals surface area contributed by atoms with Gasteiger partial charge < -0.3 is 19.3 Å². The lowest BCUT2D eigenvalue weighted by Crippen LogP contribution is -2.33. The van der Waals surface area contributed by atoms with Crippen molar-refractivity contribution < 1.29 is 14.6 Å². The SMILES string of the molecule is Cn1cnc2c1CCN(c1ncc(Oc3cc(CN4CCC(CC(=O)O)CC4)cc(-c4cc(Cl)cc(Cl)c4)n3)cn1)C2. The third kappa shape index (κ3) is 6.67. The first-order chi connectivity index (χ1) is 20.3. The number of fused-ring (bicyclic) bond motifs is 1. The summed E-state index contributed by atoms with van der Waals surface area (Å²) in [4.78, 5) is 34.0. The lowest BCUT2D eigenvalue weighted by Gasteiger charge is -2.31. The molecule has 0 bridgehead atoms. The van der Waals surface area contributed by atoms with Crippen molar-refractivity contribution in [3.05, 3.63) is 76.0 Å². The van der Waals surface area contributed by atoms with Crippen molar-refractivity contribution in [1.29, 1.82) is 0 Å². The summed E-state index contributed by atoms with van der Waals surface area (Å²) in [5.74, 6) is 0.999. The molecular weight excluding hydrogens is 577 g/mol. The van der Waals surface area contributed by atoms with E-state index in [-0.39, 0.29) is 12.3 Å². The molecule has 2 aliphatic heterocycles. The van der Waals surface area contributed by atoms with Crippen molar-refractivity contribution in [3.63, 3.8) is 0 Å². The largest absolute Gasteiger partial charge is 0.481 e. The predicted octanol–water partition coefficient (Wildman–Crippen LogP) is 5.62. The Morgan fingerprint density at radius 1 is 1.02 bits per heavy atom. The average molecular weight is 609 g/mol. The minimum absolute atomic E-state index is 0.221. The van der Waals surface area contributed by atoms with E-state index in [2.05, 4.69) is 29.3 Å². The highest BCUT2D eigenvalue weighted by atomic mass is 35.5. The Kier molecular flexibility index (Phi) is 8.28.